The number of rotatable bonds is 11. The smallest absolute Gasteiger partial charge is 0.107 e. The first-order chi connectivity index (χ1) is 16.3. The predicted octanol–water partition coefficient (Wildman–Crippen LogP) is 5.00. The highest BCUT2D eigenvalue weighted by molar-refractivity contribution is 5.16. The van der Waals surface area contributed by atoms with Gasteiger partial charge < -0.3 is 19.4 Å². The highest BCUT2D eigenvalue weighted by Gasteiger charge is 2.49. The molecule has 0 aromatic heterocycles. The second kappa shape index (κ2) is 11.9. The van der Waals surface area contributed by atoms with Crippen molar-refractivity contribution in [2.75, 3.05) is 6.61 Å². The molecule has 1 heterocycles. The maximum Gasteiger partial charge on any atom is 0.107 e. The minimum absolute atomic E-state index is 0.306. The van der Waals surface area contributed by atoms with Gasteiger partial charge in [-0.25, -0.2) is 0 Å². The monoisotopic (exact) mass is 445 g/mol. The van der Waals surface area contributed by atoms with Crippen LogP contribution in [0.25, 0.3) is 0 Å². The Bertz CT molecular complexity index is 967. The van der Waals surface area contributed by atoms with Gasteiger partial charge in [0.15, 0.2) is 0 Å². The van der Waals surface area contributed by atoms with Gasteiger partial charge in [-0.2, -0.15) is 5.06 Å². The standard InChI is InChI=1S/C28H31NO4/c1-2-25-27(32-19-23-14-8-4-9-15-23)28(33-20-24-16-10-5-11-17-24)26(29(25)30)21-31-18-22-12-6-3-7-13-22/h2-17,25-28,30H,1,18-21H2/t25-,26+,27-,28-/m1/s1. The Balaban J connectivity index is 1.47. The van der Waals surface area contributed by atoms with E-state index in [0.29, 0.717) is 26.4 Å². The van der Waals surface area contributed by atoms with Crippen LogP contribution in [-0.4, -0.2) is 41.2 Å². The van der Waals surface area contributed by atoms with E-state index in [-0.39, 0.29) is 12.1 Å². The molecule has 0 aliphatic carbocycles. The van der Waals surface area contributed by atoms with E-state index >= 15 is 0 Å². The first-order valence-corrected chi connectivity index (χ1v) is 11.3. The Kier molecular flexibility index (Phi) is 8.41. The molecule has 0 spiro atoms. The number of hydrogen-bond acceptors (Lipinski definition) is 5. The van der Waals surface area contributed by atoms with Gasteiger partial charge in [0.1, 0.15) is 12.2 Å². The molecule has 1 N–H and O–H groups in total. The van der Waals surface area contributed by atoms with Gasteiger partial charge in [0.05, 0.1) is 38.5 Å². The fourth-order valence-electron chi connectivity index (χ4n) is 4.15. The predicted molar refractivity (Wildman–Crippen MR) is 128 cm³/mol. The Morgan fingerprint density at radius 3 is 1.64 bits per heavy atom. The van der Waals surface area contributed by atoms with Crippen LogP contribution >= 0.6 is 0 Å². The molecular formula is C28H31NO4. The van der Waals surface area contributed by atoms with Crippen molar-refractivity contribution < 1.29 is 19.4 Å². The van der Waals surface area contributed by atoms with Gasteiger partial charge in [-0.3, -0.25) is 0 Å². The molecule has 0 radical (unpaired) electrons. The maximum atomic E-state index is 11.0. The van der Waals surface area contributed by atoms with Crippen molar-refractivity contribution in [3.63, 3.8) is 0 Å². The van der Waals surface area contributed by atoms with E-state index in [0.717, 1.165) is 16.7 Å². The van der Waals surface area contributed by atoms with Gasteiger partial charge >= 0.3 is 0 Å². The fourth-order valence-corrected chi connectivity index (χ4v) is 4.15. The maximum absolute atomic E-state index is 11.0. The molecule has 0 saturated carbocycles. The van der Waals surface area contributed by atoms with Crippen LogP contribution in [0.4, 0.5) is 0 Å². The summed E-state index contributed by atoms with van der Waals surface area (Å²) >= 11 is 0. The SMILES string of the molecule is C=C[C@@H]1[C@@H](OCc2ccccc2)[C@H](OCc2ccccc2)[C@H](COCc2ccccc2)N1O. The Morgan fingerprint density at radius 2 is 1.15 bits per heavy atom. The van der Waals surface area contributed by atoms with E-state index in [9.17, 15) is 5.21 Å². The second-order valence-electron chi connectivity index (χ2n) is 8.20. The van der Waals surface area contributed by atoms with E-state index in [1.807, 2.05) is 91.0 Å². The summed E-state index contributed by atoms with van der Waals surface area (Å²) in [5.41, 5.74) is 3.21. The average Bonchev–Trinajstić information content (AvgIpc) is 3.13. The molecule has 4 rings (SSSR count). The average molecular weight is 446 g/mol. The number of benzene rings is 3. The summed E-state index contributed by atoms with van der Waals surface area (Å²) < 4.78 is 18.6. The largest absolute Gasteiger partial charge is 0.375 e. The molecule has 172 valence electrons. The first kappa shape index (κ1) is 23.4. The van der Waals surface area contributed by atoms with E-state index < -0.39 is 12.1 Å². The lowest BCUT2D eigenvalue weighted by atomic mass is 10.1. The summed E-state index contributed by atoms with van der Waals surface area (Å²) in [6.45, 7) is 5.55. The molecule has 33 heavy (non-hydrogen) atoms. The minimum Gasteiger partial charge on any atom is -0.375 e. The Morgan fingerprint density at radius 1 is 0.697 bits per heavy atom. The quantitative estimate of drug-likeness (QED) is 0.421. The fraction of sp³-hybridized carbons (Fsp3) is 0.286. The van der Waals surface area contributed by atoms with E-state index in [1.54, 1.807) is 6.08 Å². The summed E-state index contributed by atoms with van der Waals surface area (Å²) in [5.74, 6) is 0. The number of hydroxylamine groups is 2. The lowest BCUT2D eigenvalue weighted by Crippen LogP contribution is -2.40. The van der Waals surface area contributed by atoms with E-state index in [1.165, 1.54) is 5.06 Å². The molecule has 1 aliphatic rings. The van der Waals surface area contributed by atoms with Crippen LogP contribution < -0.4 is 0 Å². The molecule has 0 unspecified atom stereocenters. The third-order valence-corrected chi connectivity index (χ3v) is 5.90. The van der Waals surface area contributed by atoms with Crippen LogP contribution in [-0.2, 0) is 34.0 Å². The molecule has 0 amide bonds. The zero-order valence-electron chi connectivity index (χ0n) is 18.7. The molecule has 0 bridgehead atoms. The molecule has 3 aromatic rings. The summed E-state index contributed by atoms with van der Waals surface area (Å²) in [7, 11) is 0. The second-order valence-corrected chi connectivity index (χ2v) is 8.20. The van der Waals surface area contributed by atoms with Crippen LogP contribution in [0.3, 0.4) is 0 Å². The van der Waals surface area contributed by atoms with Crippen molar-refractivity contribution in [2.45, 2.75) is 44.1 Å². The third-order valence-electron chi connectivity index (χ3n) is 5.90. The molecular weight excluding hydrogens is 414 g/mol. The van der Waals surface area contributed by atoms with Gasteiger partial charge in [0.2, 0.25) is 0 Å². The number of nitrogens with zero attached hydrogens (tertiary/aromatic N) is 1. The molecule has 1 saturated heterocycles. The summed E-state index contributed by atoms with van der Waals surface area (Å²) in [5, 5.41) is 12.3. The van der Waals surface area contributed by atoms with Crippen molar-refractivity contribution in [2.24, 2.45) is 0 Å². The van der Waals surface area contributed by atoms with Crippen LogP contribution in [0, 0.1) is 0 Å². The van der Waals surface area contributed by atoms with Crippen LogP contribution in [0.15, 0.2) is 104 Å². The lowest BCUT2D eigenvalue weighted by molar-refractivity contribution is -0.156. The van der Waals surface area contributed by atoms with Gasteiger partial charge in [0, 0.05) is 0 Å². The summed E-state index contributed by atoms with van der Waals surface area (Å²) in [6, 6.07) is 29.2. The molecule has 4 atom stereocenters. The highest BCUT2D eigenvalue weighted by Crippen LogP contribution is 2.31. The van der Waals surface area contributed by atoms with Gasteiger partial charge in [-0.05, 0) is 16.7 Å². The minimum atomic E-state index is -0.403. The van der Waals surface area contributed by atoms with Crippen LogP contribution in [0.5, 0.6) is 0 Å². The third kappa shape index (κ3) is 6.16. The zero-order chi connectivity index (χ0) is 22.9. The van der Waals surface area contributed by atoms with Crippen molar-refractivity contribution in [3.05, 3.63) is 120 Å². The Hall–Kier alpha value is -2.80. The van der Waals surface area contributed by atoms with Gasteiger partial charge in [-0.1, -0.05) is 97.1 Å². The van der Waals surface area contributed by atoms with Gasteiger partial charge in [-0.15, -0.1) is 6.58 Å². The van der Waals surface area contributed by atoms with Crippen molar-refractivity contribution in [3.8, 4) is 0 Å². The zero-order valence-corrected chi connectivity index (χ0v) is 18.7. The van der Waals surface area contributed by atoms with Crippen LogP contribution in [0.2, 0.25) is 0 Å². The lowest BCUT2D eigenvalue weighted by Gasteiger charge is -2.25. The topological polar surface area (TPSA) is 51.2 Å². The Labute approximate surface area is 195 Å². The summed E-state index contributed by atoms with van der Waals surface area (Å²) in [6.07, 6.45) is 0.936. The summed E-state index contributed by atoms with van der Waals surface area (Å²) in [4.78, 5) is 0. The van der Waals surface area contributed by atoms with Crippen molar-refractivity contribution in [1.82, 2.24) is 5.06 Å². The van der Waals surface area contributed by atoms with Crippen LogP contribution in [0.1, 0.15) is 16.7 Å². The number of hydrogen-bond donors (Lipinski definition) is 1. The molecule has 3 aromatic carbocycles. The molecule has 1 fully saturated rings. The van der Waals surface area contributed by atoms with Gasteiger partial charge in [0.25, 0.3) is 0 Å². The molecule has 5 heteroatoms. The van der Waals surface area contributed by atoms with Crippen molar-refractivity contribution in [1.29, 1.82) is 0 Å². The van der Waals surface area contributed by atoms with Crippen molar-refractivity contribution >= 4 is 0 Å². The number of ether oxygens (including phenoxy) is 3. The highest BCUT2D eigenvalue weighted by atomic mass is 16.6. The van der Waals surface area contributed by atoms with E-state index in [4.69, 9.17) is 14.2 Å². The first-order valence-electron chi connectivity index (χ1n) is 11.3. The van der Waals surface area contributed by atoms with E-state index in [2.05, 4.69) is 6.58 Å². The normalized spacial score (nSPS) is 22.9. The molecule has 1 aliphatic heterocycles. The molecule has 5 nitrogen and oxygen atoms in total.